The van der Waals surface area contributed by atoms with E-state index >= 15 is 0 Å². The first-order chi connectivity index (χ1) is 17.2. The lowest BCUT2D eigenvalue weighted by atomic mass is 9.96. The van der Waals surface area contributed by atoms with Gasteiger partial charge < -0.3 is 29.7 Å². The summed E-state index contributed by atoms with van der Waals surface area (Å²) >= 11 is 0. The standard InChI is InChI=1S/C25H31N3O7S/c1-3-20-23(29)24(30)22(25(31)35-20)27-36(32,33)21(14-26)15(2)16-4-5-18-13-19(7-6-17(18)12-16)28-8-10-34-11-9-28/h4-7,12-13,20,22-25,27,29-31H,3,8-11H2,1-2H3/b21-15+/t20-,22-,23-,24-,25?/m1/s1. The number of nitrogens with one attached hydrogen (secondary N) is 1. The zero-order valence-corrected chi connectivity index (χ0v) is 21.0. The first-order valence-corrected chi connectivity index (χ1v) is 13.3. The summed E-state index contributed by atoms with van der Waals surface area (Å²) in [6.07, 6.45) is -5.23. The lowest BCUT2D eigenvalue weighted by Gasteiger charge is -2.40. The SMILES string of the molecule is CC[C@H]1OC(O)[C@H](NS(=O)(=O)/C(C#N)=C(\C)c2ccc3cc(N4CCOCC4)ccc3c2)[C@@H](O)[C@@H]1O. The van der Waals surface area contributed by atoms with Crippen molar-refractivity contribution in [3.63, 3.8) is 0 Å². The number of hydrogen-bond acceptors (Lipinski definition) is 9. The van der Waals surface area contributed by atoms with E-state index in [4.69, 9.17) is 9.47 Å². The molecule has 11 heteroatoms. The molecule has 36 heavy (non-hydrogen) atoms. The average molecular weight is 518 g/mol. The Morgan fingerprint density at radius 1 is 1.11 bits per heavy atom. The first kappa shape index (κ1) is 26.5. The molecule has 2 aromatic carbocycles. The van der Waals surface area contributed by atoms with Crippen molar-refractivity contribution in [2.24, 2.45) is 0 Å². The van der Waals surface area contributed by atoms with Crippen LogP contribution in [0.25, 0.3) is 16.3 Å². The minimum Gasteiger partial charge on any atom is -0.388 e. The van der Waals surface area contributed by atoms with Crippen molar-refractivity contribution in [3.05, 3.63) is 46.9 Å². The maximum absolute atomic E-state index is 13.1. The summed E-state index contributed by atoms with van der Waals surface area (Å²) in [4.78, 5) is 1.68. The van der Waals surface area contributed by atoms with Gasteiger partial charge in [0.25, 0.3) is 10.0 Å². The summed E-state index contributed by atoms with van der Waals surface area (Å²) in [7, 11) is -4.47. The minimum absolute atomic E-state index is 0.205. The first-order valence-electron chi connectivity index (χ1n) is 11.9. The van der Waals surface area contributed by atoms with E-state index in [-0.39, 0.29) is 5.57 Å². The van der Waals surface area contributed by atoms with Crippen LogP contribution in [0.2, 0.25) is 0 Å². The highest BCUT2D eigenvalue weighted by Gasteiger charge is 2.45. The van der Waals surface area contributed by atoms with Gasteiger partial charge in [0.05, 0.1) is 19.3 Å². The van der Waals surface area contributed by atoms with Crippen LogP contribution >= 0.6 is 0 Å². The van der Waals surface area contributed by atoms with Gasteiger partial charge in [0.15, 0.2) is 11.2 Å². The molecule has 10 nitrogen and oxygen atoms in total. The van der Waals surface area contributed by atoms with Crippen molar-refractivity contribution in [3.8, 4) is 6.07 Å². The average Bonchev–Trinajstić information content (AvgIpc) is 2.88. The number of allylic oxidation sites excluding steroid dienone is 2. The van der Waals surface area contributed by atoms with E-state index in [9.17, 15) is 29.0 Å². The van der Waals surface area contributed by atoms with Crippen LogP contribution in [0, 0.1) is 11.3 Å². The highest BCUT2D eigenvalue weighted by Crippen LogP contribution is 2.29. The van der Waals surface area contributed by atoms with Crippen LogP contribution in [-0.2, 0) is 19.5 Å². The summed E-state index contributed by atoms with van der Waals surface area (Å²) in [6, 6.07) is 11.6. The summed E-state index contributed by atoms with van der Waals surface area (Å²) in [6.45, 7) is 6.21. The number of rotatable bonds is 6. The zero-order valence-electron chi connectivity index (χ0n) is 20.2. The number of ether oxygens (including phenoxy) is 2. The highest BCUT2D eigenvalue weighted by molar-refractivity contribution is 7.93. The van der Waals surface area contributed by atoms with E-state index in [0.29, 0.717) is 25.2 Å². The number of anilines is 1. The van der Waals surface area contributed by atoms with Crippen molar-refractivity contribution in [1.82, 2.24) is 4.72 Å². The molecule has 2 fully saturated rings. The molecule has 4 rings (SSSR count). The number of aliphatic hydroxyl groups is 3. The third-order valence-corrected chi connectivity index (χ3v) is 8.28. The Kier molecular flexibility index (Phi) is 7.96. The van der Waals surface area contributed by atoms with Gasteiger partial charge in [-0.1, -0.05) is 25.1 Å². The molecule has 5 atom stereocenters. The van der Waals surface area contributed by atoms with Gasteiger partial charge in [0.1, 0.15) is 24.3 Å². The van der Waals surface area contributed by atoms with Crippen molar-refractivity contribution in [2.75, 3.05) is 31.2 Å². The largest absolute Gasteiger partial charge is 0.388 e. The molecular weight excluding hydrogens is 486 g/mol. The Bertz CT molecular complexity index is 1280. The molecule has 2 heterocycles. The molecule has 2 saturated heterocycles. The highest BCUT2D eigenvalue weighted by atomic mass is 32.2. The van der Waals surface area contributed by atoms with Crippen LogP contribution in [0.5, 0.6) is 0 Å². The lowest BCUT2D eigenvalue weighted by Crippen LogP contribution is -2.63. The van der Waals surface area contributed by atoms with E-state index in [1.165, 1.54) is 6.92 Å². The van der Waals surface area contributed by atoms with Crippen LogP contribution in [-0.4, -0.2) is 80.7 Å². The van der Waals surface area contributed by atoms with Crippen molar-refractivity contribution in [2.45, 2.75) is 50.9 Å². The maximum Gasteiger partial charge on any atom is 0.251 e. The number of benzene rings is 2. The smallest absolute Gasteiger partial charge is 0.251 e. The predicted octanol–water partition coefficient (Wildman–Crippen LogP) is 1.07. The summed E-state index contributed by atoms with van der Waals surface area (Å²) in [5.41, 5.74) is 1.82. The van der Waals surface area contributed by atoms with E-state index in [0.717, 1.165) is 29.5 Å². The quantitative estimate of drug-likeness (QED) is 0.412. The number of nitriles is 1. The van der Waals surface area contributed by atoms with Crippen molar-refractivity contribution >= 4 is 32.1 Å². The van der Waals surface area contributed by atoms with Gasteiger partial charge in [-0.3, -0.25) is 0 Å². The third-order valence-electron chi connectivity index (χ3n) is 6.76. The Morgan fingerprint density at radius 2 is 1.78 bits per heavy atom. The van der Waals surface area contributed by atoms with E-state index in [2.05, 4.69) is 15.7 Å². The lowest BCUT2D eigenvalue weighted by molar-refractivity contribution is -0.244. The molecule has 194 valence electrons. The predicted molar refractivity (Wildman–Crippen MR) is 134 cm³/mol. The normalized spacial score (nSPS) is 28.0. The van der Waals surface area contributed by atoms with Gasteiger partial charge in [0, 0.05) is 18.8 Å². The maximum atomic E-state index is 13.1. The summed E-state index contributed by atoms with van der Waals surface area (Å²) < 4.78 is 39.0. The third kappa shape index (κ3) is 5.26. The molecular formula is C25H31N3O7S. The van der Waals surface area contributed by atoms with Gasteiger partial charge in [-0.25, -0.2) is 8.42 Å². The Balaban J connectivity index is 1.61. The molecule has 0 aliphatic carbocycles. The van der Waals surface area contributed by atoms with E-state index < -0.39 is 45.6 Å². The number of morpholine rings is 1. The van der Waals surface area contributed by atoms with Crippen LogP contribution in [0.1, 0.15) is 25.8 Å². The van der Waals surface area contributed by atoms with Crippen LogP contribution in [0.15, 0.2) is 41.3 Å². The van der Waals surface area contributed by atoms with Crippen molar-refractivity contribution in [1.29, 1.82) is 5.26 Å². The second-order valence-corrected chi connectivity index (χ2v) is 10.7. The summed E-state index contributed by atoms with van der Waals surface area (Å²) in [5.74, 6) is 0. The molecule has 0 bridgehead atoms. The number of aliphatic hydroxyl groups excluding tert-OH is 3. The van der Waals surface area contributed by atoms with Gasteiger partial charge in [-0.15, -0.1) is 0 Å². The Morgan fingerprint density at radius 3 is 2.44 bits per heavy atom. The van der Waals surface area contributed by atoms with Crippen molar-refractivity contribution < 1.29 is 33.2 Å². The second-order valence-electron chi connectivity index (χ2n) is 9.01. The van der Waals surface area contributed by atoms with Crippen LogP contribution < -0.4 is 9.62 Å². The fourth-order valence-corrected chi connectivity index (χ4v) is 5.98. The van der Waals surface area contributed by atoms with E-state index in [1.807, 2.05) is 24.3 Å². The molecule has 2 aliphatic rings. The number of nitrogens with zero attached hydrogens (tertiary/aromatic N) is 2. The molecule has 0 saturated carbocycles. The molecule has 2 aliphatic heterocycles. The fourth-order valence-electron chi connectivity index (χ4n) is 4.61. The zero-order chi connectivity index (χ0) is 26.0. The molecule has 0 radical (unpaired) electrons. The molecule has 0 aromatic heterocycles. The molecule has 0 spiro atoms. The topological polar surface area (TPSA) is 152 Å². The van der Waals surface area contributed by atoms with Crippen LogP contribution in [0.3, 0.4) is 0 Å². The molecule has 2 aromatic rings. The molecule has 0 amide bonds. The molecule has 4 N–H and O–H groups in total. The monoisotopic (exact) mass is 517 g/mol. The summed E-state index contributed by atoms with van der Waals surface area (Å²) in [5, 5.41) is 42.4. The van der Waals surface area contributed by atoms with Gasteiger partial charge in [-0.2, -0.15) is 9.98 Å². The Labute approximate surface area is 210 Å². The van der Waals surface area contributed by atoms with Crippen LogP contribution in [0.4, 0.5) is 5.69 Å². The Hall–Kier alpha value is -2.56. The second kappa shape index (κ2) is 10.8. The number of fused-ring (bicyclic) bond motifs is 1. The van der Waals surface area contributed by atoms with E-state index in [1.54, 1.807) is 19.1 Å². The fraction of sp³-hybridized carbons (Fsp3) is 0.480. The van der Waals surface area contributed by atoms with Gasteiger partial charge in [-0.05, 0) is 53.5 Å². The van der Waals surface area contributed by atoms with Gasteiger partial charge >= 0.3 is 0 Å². The molecule has 1 unspecified atom stereocenters. The number of hydrogen-bond donors (Lipinski definition) is 4. The number of sulfonamides is 1. The minimum atomic E-state index is -4.47. The van der Waals surface area contributed by atoms with Gasteiger partial charge in [0.2, 0.25) is 0 Å².